The predicted molar refractivity (Wildman–Crippen MR) is 85.4 cm³/mol. The van der Waals surface area contributed by atoms with E-state index in [1.165, 1.54) is 18.2 Å². The number of nitrogens with one attached hydrogen (secondary N) is 1. The van der Waals surface area contributed by atoms with Crippen molar-refractivity contribution in [3.05, 3.63) is 54.1 Å². The van der Waals surface area contributed by atoms with E-state index < -0.39 is 10.0 Å². The van der Waals surface area contributed by atoms with Gasteiger partial charge in [0, 0.05) is 5.92 Å². The molecule has 3 rings (SSSR count). The number of amides is 1. The number of primary sulfonamides is 1. The molecule has 1 saturated carbocycles. The third-order valence-corrected chi connectivity index (χ3v) is 4.86. The molecule has 2 aromatic carbocycles. The number of carbonyl (C=O) groups excluding carboxylic acids is 1. The zero-order valence-corrected chi connectivity index (χ0v) is 13.0. The lowest BCUT2D eigenvalue weighted by molar-refractivity contribution is -0.117. The van der Waals surface area contributed by atoms with Crippen LogP contribution in [0.15, 0.2) is 53.4 Å². The van der Waals surface area contributed by atoms with Crippen LogP contribution < -0.4 is 10.5 Å². The van der Waals surface area contributed by atoms with Crippen molar-refractivity contribution in [2.75, 3.05) is 5.32 Å². The van der Waals surface area contributed by atoms with Crippen LogP contribution in [0.25, 0.3) is 0 Å². The molecule has 0 radical (unpaired) electrons. The molecule has 7 heteroatoms. The maximum absolute atomic E-state index is 12.2. The molecule has 2 atom stereocenters. The molecule has 120 valence electrons. The minimum Gasteiger partial charge on any atom is -0.506 e. The molecule has 6 nitrogen and oxygen atoms in total. The van der Waals surface area contributed by atoms with E-state index in [0.717, 1.165) is 5.56 Å². The Morgan fingerprint density at radius 1 is 1.13 bits per heavy atom. The van der Waals surface area contributed by atoms with E-state index in [2.05, 4.69) is 5.32 Å². The van der Waals surface area contributed by atoms with Gasteiger partial charge in [-0.25, -0.2) is 13.6 Å². The molecule has 0 saturated heterocycles. The molecule has 0 spiro atoms. The zero-order chi connectivity index (χ0) is 16.6. The highest BCUT2D eigenvalue weighted by atomic mass is 32.2. The molecule has 0 bridgehead atoms. The van der Waals surface area contributed by atoms with Crippen molar-refractivity contribution in [1.29, 1.82) is 0 Å². The third kappa shape index (κ3) is 3.35. The van der Waals surface area contributed by atoms with Crippen LogP contribution in [0.1, 0.15) is 17.9 Å². The summed E-state index contributed by atoms with van der Waals surface area (Å²) in [4.78, 5) is 12.3. The van der Waals surface area contributed by atoms with Gasteiger partial charge in [-0.15, -0.1) is 0 Å². The molecule has 1 aliphatic carbocycles. The molecule has 1 fully saturated rings. The van der Waals surface area contributed by atoms with Crippen molar-refractivity contribution in [3.8, 4) is 5.75 Å². The minimum absolute atomic E-state index is 0.0237. The maximum atomic E-state index is 12.2. The highest BCUT2D eigenvalue weighted by molar-refractivity contribution is 7.89. The van der Waals surface area contributed by atoms with Crippen molar-refractivity contribution in [2.24, 2.45) is 11.1 Å². The first-order valence-corrected chi connectivity index (χ1v) is 8.62. The van der Waals surface area contributed by atoms with Crippen LogP contribution in [0.5, 0.6) is 5.75 Å². The van der Waals surface area contributed by atoms with Gasteiger partial charge < -0.3 is 10.4 Å². The molecule has 4 N–H and O–H groups in total. The van der Waals surface area contributed by atoms with Gasteiger partial charge in [0.1, 0.15) is 5.75 Å². The van der Waals surface area contributed by atoms with Crippen LogP contribution >= 0.6 is 0 Å². The average Bonchev–Trinajstić information content (AvgIpc) is 3.29. The molecular weight excluding hydrogens is 316 g/mol. The van der Waals surface area contributed by atoms with Gasteiger partial charge in [-0.1, -0.05) is 24.3 Å². The first kappa shape index (κ1) is 15.5. The summed E-state index contributed by atoms with van der Waals surface area (Å²) in [6.07, 6.45) is 0.689. The van der Waals surface area contributed by atoms with E-state index in [0.29, 0.717) is 12.1 Å². The second-order valence-electron chi connectivity index (χ2n) is 5.57. The lowest BCUT2D eigenvalue weighted by Crippen LogP contribution is -2.14. The third-order valence-electron chi connectivity index (χ3n) is 3.93. The number of sulfonamides is 1. The maximum Gasteiger partial charge on any atom is 0.238 e. The lowest BCUT2D eigenvalue weighted by Gasteiger charge is -2.07. The van der Waals surface area contributed by atoms with Crippen molar-refractivity contribution < 1.29 is 18.3 Å². The fourth-order valence-corrected chi connectivity index (χ4v) is 3.08. The summed E-state index contributed by atoms with van der Waals surface area (Å²) < 4.78 is 22.5. The number of phenols is 1. The number of phenolic OH excluding ortho intramolecular Hbond substituents is 1. The molecule has 0 heterocycles. The van der Waals surface area contributed by atoms with Gasteiger partial charge >= 0.3 is 0 Å². The Morgan fingerprint density at radius 3 is 2.39 bits per heavy atom. The van der Waals surface area contributed by atoms with Gasteiger partial charge in [0.25, 0.3) is 0 Å². The van der Waals surface area contributed by atoms with E-state index in [1.807, 2.05) is 0 Å². The minimum atomic E-state index is -3.71. The molecule has 2 aromatic rings. The molecular formula is C16H16N2O4S. The number of hydrogen-bond acceptors (Lipinski definition) is 4. The van der Waals surface area contributed by atoms with Crippen LogP contribution in [0.3, 0.4) is 0 Å². The van der Waals surface area contributed by atoms with Crippen molar-refractivity contribution in [3.63, 3.8) is 0 Å². The quantitative estimate of drug-likeness (QED) is 0.741. The standard InChI is InChI=1S/C16H16N2O4S/c17-23(21,22)11-7-5-10(6-8-11)12-9-13(12)16(20)18-14-3-1-2-4-15(14)19/h1-8,12-13,19H,9H2,(H,18,20)(H2,17,21,22). The Kier molecular flexibility index (Phi) is 3.83. The van der Waals surface area contributed by atoms with Gasteiger partial charge in [0.05, 0.1) is 10.6 Å². The molecule has 0 aromatic heterocycles. The Hall–Kier alpha value is -2.38. The number of para-hydroxylation sites is 2. The number of benzene rings is 2. The van der Waals surface area contributed by atoms with Crippen LogP contribution in [0, 0.1) is 5.92 Å². The Labute approximate surface area is 134 Å². The first-order chi connectivity index (χ1) is 10.9. The fraction of sp³-hybridized carbons (Fsp3) is 0.188. The summed E-state index contributed by atoms with van der Waals surface area (Å²) in [5, 5.41) is 17.4. The summed E-state index contributed by atoms with van der Waals surface area (Å²) in [6, 6.07) is 12.8. The summed E-state index contributed by atoms with van der Waals surface area (Å²) in [5.74, 6) is -0.270. The van der Waals surface area contributed by atoms with Crippen LogP contribution in [0.4, 0.5) is 5.69 Å². The van der Waals surface area contributed by atoms with Crippen LogP contribution in [-0.2, 0) is 14.8 Å². The monoisotopic (exact) mass is 332 g/mol. The number of aromatic hydroxyl groups is 1. The number of rotatable bonds is 4. The number of hydrogen-bond donors (Lipinski definition) is 3. The van der Waals surface area contributed by atoms with Gasteiger partial charge in [0.15, 0.2) is 0 Å². The fourth-order valence-electron chi connectivity index (χ4n) is 2.56. The van der Waals surface area contributed by atoms with Crippen LogP contribution in [0.2, 0.25) is 0 Å². The number of carbonyl (C=O) groups is 1. The molecule has 1 aliphatic rings. The van der Waals surface area contributed by atoms with E-state index in [9.17, 15) is 18.3 Å². The van der Waals surface area contributed by atoms with E-state index in [4.69, 9.17) is 5.14 Å². The molecule has 0 aliphatic heterocycles. The van der Waals surface area contributed by atoms with Crippen molar-refractivity contribution in [1.82, 2.24) is 0 Å². The summed E-state index contributed by atoms with van der Waals surface area (Å²) in [5.41, 5.74) is 1.28. The summed E-state index contributed by atoms with van der Waals surface area (Å²) in [7, 11) is -3.71. The normalized spacial score (nSPS) is 20.0. The predicted octanol–water partition coefficient (Wildman–Crippen LogP) is 1.78. The number of nitrogens with two attached hydrogens (primary N) is 1. The SMILES string of the molecule is NS(=O)(=O)c1ccc(C2CC2C(=O)Nc2ccccc2O)cc1. The first-order valence-electron chi connectivity index (χ1n) is 7.08. The zero-order valence-electron chi connectivity index (χ0n) is 12.1. The average molecular weight is 332 g/mol. The van der Waals surface area contributed by atoms with E-state index in [-0.39, 0.29) is 28.4 Å². The summed E-state index contributed by atoms with van der Waals surface area (Å²) in [6.45, 7) is 0. The second kappa shape index (κ2) is 5.68. The highest BCUT2D eigenvalue weighted by Crippen LogP contribution is 2.48. The smallest absolute Gasteiger partial charge is 0.238 e. The Balaban J connectivity index is 1.67. The van der Waals surface area contributed by atoms with Gasteiger partial charge in [-0.3, -0.25) is 4.79 Å². The summed E-state index contributed by atoms with van der Waals surface area (Å²) >= 11 is 0. The molecule has 23 heavy (non-hydrogen) atoms. The number of anilines is 1. The van der Waals surface area contributed by atoms with E-state index >= 15 is 0 Å². The van der Waals surface area contributed by atoms with Crippen molar-refractivity contribution >= 4 is 21.6 Å². The molecule has 2 unspecified atom stereocenters. The van der Waals surface area contributed by atoms with E-state index in [1.54, 1.807) is 30.3 Å². The topological polar surface area (TPSA) is 109 Å². The van der Waals surface area contributed by atoms with Gasteiger partial charge in [0.2, 0.25) is 15.9 Å². The second-order valence-corrected chi connectivity index (χ2v) is 7.13. The van der Waals surface area contributed by atoms with Crippen molar-refractivity contribution in [2.45, 2.75) is 17.2 Å². The Morgan fingerprint density at radius 2 is 1.78 bits per heavy atom. The van der Waals surface area contributed by atoms with Crippen LogP contribution in [-0.4, -0.2) is 19.4 Å². The van der Waals surface area contributed by atoms with Gasteiger partial charge in [-0.05, 0) is 42.2 Å². The highest BCUT2D eigenvalue weighted by Gasteiger charge is 2.44. The molecule has 1 amide bonds. The van der Waals surface area contributed by atoms with Gasteiger partial charge in [-0.2, -0.15) is 0 Å². The lowest BCUT2D eigenvalue weighted by atomic mass is 10.1. The Bertz CT molecular complexity index is 847. The largest absolute Gasteiger partial charge is 0.506 e.